The van der Waals surface area contributed by atoms with Crippen LogP contribution in [0.25, 0.3) is 0 Å². The molecule has 0 atom stereocenters. The van der Waals surface area contributed by atoms with Gasteiger partial charge in [-0.1, -0.05) is 40.8 Å². The third-order valence-corrected chi connectivity index (χ3v) is 5.98. The highest BCUT2D eigenvalue weighted by Gasteiger charge is 2.12. The van der Waals surface area contributed by atoms with Gasteiger partial charge < -0.3 is 14.8 Å². The summed E-state index contributed by atoms with van der Waals surface area (Å²) < 4.78 is 11.9. The van der Waals surface area contributed by atoms with Crippen LogP contribution >= 0.6 is 23.1 Å². The number of thioether (sulfide) groups is 1. The summed E-state index contributed by atoms with van der Waals surface area (Å²) in [4.78, 5) is 16.7. The lowest BCUT2D eigenvalue weighted by molar-refractivity contribution is -0.118. The topological polar surface area (TPSA) is 86.2 Å². The zero-order valence-electron chi connectivity index (χ0n) is 16.7. The first-order valence-electron chi connectivity index (χ1n) is 8.90. The number of amides is 1. The van der Waals surface area contributed by atoms with Gasteiger partial charge in [0.1, 0.15) is 5.01 Å². The molecule has 9 heteroatoms. The van der Waals surface area contributed by atoms with Gasteiger partial charge in [-0.25, -0.2) is 0 Å². The van der Waals surface area contributed by atoms with Gasteiger partial charge >= 0.3 is 0 Å². The number of hydrogen-bond acceptors (Lipinski definition) is 8. The number of rotatable bonds is 8. The zero-order valence-corrected chi connectivity index (χ0v) is 18.3. The second-order valence-electron chi connectivity index (χ2n) is 6.36. The van der Waals surface area contributed by atoms with Crippen molar-refractivity contribution < 1.29 is 14.3 Å². The first-order valence-corrected chi connectivity index (χ1v) is 10.7. The molecule has 1 N–H and O–H groups in total. The highest BCUT2D eigenvalue weighted by atomic mass is 32.2. The van der Waals surface area contributed by atoms with Crippen molar-refractivity contribution in [3.8, 4) is 11.5 Å². The van der Waals surface area contributed by atoms with Gasteiger partial charge in [-0.05, 0) is 32.4 Å². The number of carbonyl (C=O) groups excluding carboxylic acids is 1. The molecular formula is C20H22N4O3S2. The molecule has 0 aliphatic rings. The number of anilines is 1. The molecule has 0 saturated heterocycles. The first kappa shape index (κ1) is 21.1. The van der Waals surface area contributed by atoms with E-state index in [9.17, 15) is 4.79 Å². The average Bonchev–Trinajstić information content (AvgIpc) is 3.12. The van der Waals surface area contributed by atoms with Crippen LogP contribution in [0.3, 0.4) is 0 Å². The third kappa shape index (κ3) is 5.91. The Morgan fingerprint density at radius 1 is 1.17 bits per heavy atom. The van der Waals surface area contributed by atoms with Gasteiger partial charge in [-0.15, -0.1) is 10.2 Å². The molecule has 0 radical (unpaired) electrons. The number of aromatic nitrogens is 3. The maximum Gasteiger partial charge on any atom is 0.262 e. The van der Waals surface area contributed by atoms with Crippen molar-refractivity contribution in [3.63, 3.8) is 0 Å². The van der Waals surface area contributed by atoms with E-state index in [4.69, 9.17) is 9.47 Å². The summed E-state index contributed by atoms with van der Waals surface area (Å²) in [6, 6.07) is 7.65. The second-order valence-corrected chi connectivity index (χ2v) is 8.76. The molecule has 3 aromatic rings. The Morgan fingerprint density at radius 3 is 2.69 bits per heavy atom. The Hall–Kier alpha value is -2.65. The number of hydrogen-bond donors (Lipinski definition) is 1. The summed E-state index contributed by atoms with van der Waals surface area (Å²) >= 11 is 3.09. The number of benzene rings is 1. The summed E-state index contributed by atoms with van der Waals surface area (Å²) in [5, 5.41) is 11.9. The van der Waals surface area contributed by atoms with Crippen molar-refractivity contribution in [1.82, 2.24) is 15.2 Å². The summed E-state index contributed by atoms with van der Waals surface area (Å²) in [5.74, 6) is 1.33. The van der Waals surface area contributed by atoms with Gasteiger partial charge in [0.2, 0.25) is 0 Å². The SMILES string of the molecule is COc1cnc(CSc2nnc(C)s2)cc1OCC(=O)Nc1ccc(C)cc1C. The first-order chi connectivity index (χ1) is 13.9. The van der Waals surface area contributed by atoms with Crippen LogP contribution in [-0.4, -0.2) is 34.8 Å². The molecule has 0 spiro atoms. The number of carbonyl (C=O) groups is 1. The molecular weight excluding hydrogens is 408 g/mol. The number of methoxy groups -OCH3 is 1. The average molecular weight is 431 g/mol. The number of pyridine rings is 1. The lowest BCUT2D eigenvalue weighted by Gasteiger charge is -2.13. The van der Waals surface area contributed by atoms with Gasteiger partial charge in [-0.2, -0.15) is 0 Å². The highest BCUT2D eigenvalue weighted by Crippen LogP contribution is 2.30. The minimum Gasteiger partial charge on any atom is -0.491 e. The molecule has 1 aromatic carbocycles. The van der Waals surface area contributed by atoms with E-state index in [2.05, 4.69) is 20.5 Å². The van der Waals surface area contributed by atoms with E-state index in [-0.39, 0.29) is 12.5 Å². The van der Waals surface area contributed by atoms with E-state index in [1.54, 1.807) is 24.0 Å². The molecule has 3 rings (SSSR count). The van der Waals surface area contributed by atoms with E-state index in [0.29, 0.717) is 17.3 Å². The van der Waals surface area contributed by atoms with Gasteiger partial charge in [0.05, 0.1) is 19.0 Å². The molecule has 0 saturated carbocycles. The van der Waals surface area contributed by atoms with Crippen LogP contribution in [0.4, 0.5) is 5.69 Å². The minimum atomic E-state index is -0.240. The van der Waals surface area contributed by atoms with Crippen molar-refractivity contribution in [2.45, 2.75) is 30.9 Å². The Morgan fingerprint density at radius 2 is 2.00 bits per heavy atom. The maximum atomic E-state index is 12.3. The van der Waals surface area contributed by atoms with Crippen LogP contribution in [0, 0.1) is 20.8 Å². The normalized spacial score (nSPS) is 10.6. The number of ether oxygens (including phenoxy) is 2. The quantitative estimate of drug-likeness (QED) is 0.537. The van der Waals surface area contributed by atoms with Gasteiger partial charge in [0, 0.05) is 17.5 Å². The lowest BCUT2D eigenvalue weighted by Crippen LogP contribution is -2.21. The summed E-state index contributed by atoms with van der Waals surface area (Å²) in [6.07, 6.45) is 1.60. The number of aryl methyl sites for hydroxylation is 3. The smallest absolute Gasteiger partial charge is 0.262 e. The molecule has 1 amide bonds. The predicted octanol–water partition coefficient (Wildman–Crippen LogP) is 4.18. The van der Waals surface area contributed by atoms with E-state index in [1.165, 1.54) is 18.4 Å². The number of nitrogens with zero attached hydrogens (tertiary/aromatic N) is 3. The van der Waals surface area contributed by atoms with Gasteiger partial charge in [0.15, 0.2) is 22.4 Å². The van der Waals surface area contributed by atoms with Crippen molar-refractivity contribution in [3.05, 3.63) is 52.3 Å². The van der Waals surface area contributed by atoms with Gasteiger partial charge in [-0.3, -0.25) is 9.78 Å². The van der Waals surface area contributed by atoms with Crippen molar-refractivity contribution >= 4 is 34.7 Å². The van der Waals surface area contributed by atoms with Crippen LogP contribution in [-0.2, 0) is 10.5 Å². The van der Waals surface area contributed by atoms with Crippen LogP contribution < -0.4 is 14.8 Å². The van der Waals surface area contributed by atoms with Crippen molar-refractivity contribution in [1.29, 1.82) is 0 Å². The summed E-state index contributed by atoms with van der Waals surface area (Å²) in [6.45, 7) is 5.76. The largest absolute Gasteiger partial charge is 0.491 e. The standard InChI is InChI=1S/C20H22N4O3S2/c1-12-5-6-16(13(2)7-12)22-19(25)10-27-17-8-15(21-9-18(17)26-4)11-28-20-24-23-14(3)29-20/h5-9H,10-11H2,1-4H3,(H,22,25). The van der Waals surface area contributed by atoms with Crippen LogP contribution in [0.15, 0.2) is 34.8 Å². The van der Waals surface area contributed by atoms with E-state index >= 15 is 0 Å². The monoisotopic (exact) mass is 430 g/mol. The Labute approximate surface area is 177 Å². The third-order valence-electron chi connectivity index (χ3n) is 3.97. The van der Waals surface area contributed by atoms with Crippen molar-refractivity contribution in [2.24, 2.45) is 0 Å². The molecule has 152 valence electrons. The fraction of sp³-hybridized carbons (Fsp3) is 0.300. The van der Waals surface area contributed by atoms with Crippen LogP contribution in [0.5, 0.6) is 11.5 Å². The zero-order chi connectivity index (χ0) is 20.8. The van der Waals surface area contributed by atoms with E-state index in [1.807, 2.05) is 39.0 Å². The second kappa shape index (κ2) is 9.71. The van der Waals surface area contributed by atoms with Gasteiger partial charge in [0.25, 0.3) is 5.91 Å². The fourth-order valence-electron chi connectivity index (χ4n) is 2.57. The molecule has 2 aromatic heterocycles. The molecule has 0 aliphatic carbocycles. The lowest BCUT2D eigenvalue weighted by atomic mass is 10.1. The molecule has 0 bridgehead atoms. The summed E-state index contributed by atoms with van der Waals surface area (Å²) in [7, 11) is 1.54. The predicted molar refractivity (Wildman–Crippen MR) is 115 cm³/mol. The molecule has 7 nitrogen and oxygen atoms in total. The highest BCUT2D eigenvalue weighted by molar-refractivity contribution is 8.00. The Balaban J connectivity index is 1.61. The van der Waals surface area contributed by atoms with E-state index in [0.717, 1.165) is 31.9 Å². The van der Waals surface area contributed by atoms with Crippen LogP contribution in [0.1, 0.15) is 21.8 Å². The molecule has 0 aliphatic heterocycles. The van der Waals surface area contributed by atoms with Crippen molar-refractivity contribution in [2.75, 3.05) is 19.0 Å². The molecule has 29 heavy (non-hydrogen) atoms. The maximum absolute atomic E-state index is 12.3. The molecule has 0 unspecified atom stereocenters. The molecule has 2 heterocycles. The minimum absolute atomic E-state index is 0.129. The number of nitrogens with one attached hydrogen (secondary N) is 1. The van der Waals surface area contributed by atoms with Crippen LogP contribution in [0.2, 0.25) is 0 Å². The summed E-state index contributed by atoms with van der Waals surface area (Å²) in [5.41, 5.74) is 3.72. The Bertz CT molecular complexity index is 1010. The molecule has 0 fully saturated rings. The van der Waals surface area contributed by atoms with E-state index < -0.39 is 0 Å². The fourth-order valence-corrected chi connectivity index (χ4v) is 4.28. The Kier molecular flexibility index (Phi) is 7.05.